The topological polar surface area (TPSA) is 52.2 Å². The highest BCUT2D eigenvalue weighted by molar-refractivity contribution is 9.10. The average Bonchev–Trinajstić information content (AvgIpc) is 3.00. The van der Waals surface area contributed by atoms with Crippen LogP contribution in [-0.2, 0) is 11.3 Å². The number of nitrogens with zero attached hydrogens (tertiary/aromatic N) is 2. The van der Waals surface area contributed by atoms with Crippen molar-refractivity contribution in [2.24, 2.45) is 0 Å². The van der Waals surface area contributed by atoms with Crippen LogP contribution in [0.25, 0.3) is 0 Å². The Balaban J connectivity index is 1.93. The number of aromatic nitrogens is 2. The molecule has 0 spiro atoms. The fourth-order valence-corrected chi connectivity index (χ4v) is 2.31. The molecule has 0 aliphatic rings. The normalized spacial score (nSPS) is 14.5. The minimum Gasteiger partial charge on any atom is -0.468 e. The third-order valence-electron chi connectivity index (χ3n) is 2.77. The summed E-state index contributed by atoms with van der Waals surface area (Å²) in [6, 6.07) is 4.13. The molecule has 0 aromatic carbocycles. The standard InChI is InChI=1S/C13H18BrN3O2/c1-10(7-17-8-11(14)6-15-17)16-12(9-18-2)13-4-3-5-19-13/h3-6,8,10,12,16H,7,9H2,1-2H3/t10-,12-/m1/s1. The number of nitrogens with one attached hydrogen (secondary N) is 1. The van der Waals surface area contributed by atoms with Gasteiger partial charge in [-0.05, 0) is 35.0 Å². The van der Waals surface area contributed by atoms with Gasteiger partial charge in [-0.1, -0.05) is 0 Å². The maximum absolute atomic E-state index is 5.43. The summed E-state index contributed by atoms with van der Waals surface area (Å²) in [6.07, 6.45) is 5.41. The summed E-state index contributed by atoms with van der Waals surface area (Å²) in [5.41, 5.74) is 0. The first kappa shape index (κ1) is 14.3. The second-order valence-electron chi connectivity index (χ2n) is 4.47. The minimum absolute atomic E-state index is 0.0500. The van der Waals surface area contributed by atoms with E-state index in [1.807, 2.05) is 23.0 Å². The summed E-state index contributed by atoms with van der Waals surface area (Å²) >= 11 is 3.39. The maximum Gasteiger partial charge on any atom is 0.123 e. The lowest BCUT2D eigenvalue weighted by Crippen LogP contribution is -2.35. The number of ether oxygens (including phenoxy) is 1. The van der Waals surface area contributed by atoms with Crippen molar-refractivity contribution in [1.29, 1.82) is 0 Å². The quantitative estimate of drug-likeness (QED) is 0.849. The number of hydrogen-bond acceptors (Lipinski definition) is 4. The van der Waals surface area contributed by atoms with Gasteiger partial charge in [0.05, 0.1) is 36.1 Å². The van der Waals surface area contributed by atoms with Gasteiger partial charge in [-0.15, -0.1) is 0 Å². The van der Waals surface area contributed by atoms with Crippen LogP contribution >= 0.6 is 15.9 Å². The zero-order valence-electron chi connectivity index (χ0n) is 11.0. The van der Waals surface area contributed by atoms with Crippen LogP contribution in [0, 0.1) is 0 Å². The zero-order chi connectivity index (χ0) is 13.7. The van der Waals surface area contributed by atoms with E-state index in [-0.39, 0.29) is 12.1 Å². The van der Waals surface area contributed by atoms with E-state index in [1.165, 1.54) is 0 Å². The summed E-state index contributed by atoms with van der Waals surface area (Å²) in [5, 5.41) is 7.73. The minimum atomic E-state index is 0.0500. The van der Waals surface area contributed by atoms with Gasteiger partial charge in [-0.2, -0.15) is 5.10 Å². The molecule has 0 aliphatic carbocycles. The number of furan rings is 1. The number of rotatable bonds is 7. The fraction of sp³-hybridized carbons (Fsp3) is 0.462. The van der Waals surface area contributed by atoms with Crippen molar-refractivity contribution in [1.82, 2.24) is 15.1 Å². The highest BCUT2D eigenvalue weighted by Gasteiger charge is 2.17. The summed E-state index contributed by atoms with van der Waals surface area (Å²) in [7, 11) is 1.69. The maximum atomic E-state index is 5.43. The van der Waals surface area contributed by atoms with Crippen LogP contribution in [0.1, 0.15) is 18.7 Å². The van der Waals surface area contributed by atoms with Crippen molar-refractivity contribution in [3.8, 4) is 0 Å². The Morgan fingerprint density at radius 3 is 3.00 bits per heavy atom. The third-order valence-corrected chi connectivity index (χ3v) is 3.18. The van der Waals surface area contributed by atoms with Gasteiger partial charge in [0, 0.05) is 19.3 Å². The highest BCUT2D eigenvalue weighted by Crippen LogP contribution is 2.15. The summed E-state index contributed by atoms with van der Waals surface area (Å²) in [4.78, 5) is 0. The summed E-state index contributed by atoms with van der Waals surface area (Å²) in [6.45, 7) is 3.47. The molecule has 2 aromatic rings. The van der Waals surface area contributed by atoms with E-state index < -0.39 is 0 Å². The molecule has 0 saturated heterocycles. The van der Waals surface area contributed by atoms with Crippen LogP contribution < -0.4 is 5.32 Å². The van der Waals surface area contributed by atoms with Crippen LogP contribution in [-0.4, -0.2) is 29.5 Å². The lowest BCUT2D eigenvalue weighted by atomic mass is 10.2. The molecule has 0 bridgehead atoms. The van der Waals surface area contributed by atoms with E-state index in [0.717, 1.165) is 16.8 Å². The van der Waals surface area contributed by atoms with Crippen molar-refractivity contribution in [2.45, 2.75) is 25.6 Å². The summed E-state index contributed by atoms with van der Waals surface area (Å²) < 4.78 is 13.5. The average molecular weight is 328 g/mol. The van der Waals surface area contributed by atoms with E-state index >= 15 is 0 Å². The Morgan fingerprint density at radius 2 is 2.42 bits per heavy atom. The first-order chi connectivity index (χ1) is 9.19. The molecule has 2 heterocycles. The van der Waals surface area contributed by atoms with Crippen molar-refractivity contribution in [2.75, 3.05) is 13.7 Å². The molecule has 104 valence electrons. The molecule has 2 atom stereocenters. The Kier molecular flexibility index (Phi) is 5.18. The van der Waals surface area contributed by atoms with Gasteiger partial charge in [-0.3, -0.25) is 4.68 Å². The lowest BCUT2D eigenvalue weighted by Gasteiger charge is -2.21. The van der Waals surface area contributed by atoms with E-state index in [4.69, 9.17) is 9.15 Å². The number of hydrogen-bond donors (Lipinski definition) is 1. The molecule has 19 heavy (non-hydrogen) atoms. The molecule has 6 heteroatoms. The SMILES string of the molecule is COC[C@@H](N[C@H](C)Cn1cc(Br)cn1)c1ccco1. The number of halogens is 1. The van der Waals surface area contributed by atoms with Gasteiger partial charge in [0.2, 0.25) is 0 Å². The largest absolute Gasteiger partial charge is 0.468 e. The molecule has 5 nitrogen and oxygen atoms in total. The van der Waals surface area contributed by atoms with Crippen LogP contribution in [0.3, 0.4) is 0 Å². The molecule has 2 aromatic heterocycles. The molecule has 0 saturated carbocycles. The predicted molar refractivity (Wildman–Crippen MR) is 75.8 cm³/mol. The molecule has 0 amide bonds. The summed E-state index contributed by atoms with van der Waals surface area (Å²) in [5.74, 6) is 0.885. The van der Waals surface area contributed by atoms with Crippen LogP contribution in [0.15, 0.2) is 39.7 Å². The Morgan fingerprint density at radius 1 is 1.58 bits per heavy atom. The van der Waals surface area contributed by atoms with Gasteiger partial charge < -0.3 is 14.5 Å². The molecule has 0 fully saturated rings. The second kappa shape index (κ2) is 6.88. The molecular formula is C13H18BrN3O2. The van der Waals surface area contributed by atoms with Gasteiger partial charge >= 0.3 is 0 Å². The first-order valence-corrected chi connectivity index (χ1v) is 6.94. The zero-order valence-corrected chi connectivity index (χ0v) is 12.6. The smallest absolute Gasteiger partial charge is 0.123 e. The van der Waals surface area contributed by atoms with Gasteiger partial charge in [0.25, 0.3) is 0 Å². The Bertz CT molecular complexity index is 484. The number of methoxy groups -OCH3 is 1. The second-order valence-corrected chi connectivity index (χ2v) is 5.39. The highest BCUT2D eigenvalue weighted by atomic mass is 79.9. The van der Waals surface area contributed by atoms with E-state index in [9.17, 15) is 0 Å². The Labute approximate surface area is 121 Å². The monoisotopic (exact) mass is 327 g/mol. The van der Waals surface area contributed by atoms with Crippen molar-refractivity contribution < 1.29 is 9.15 Å². The predicted octanol–water partition coefficient (Wildman–Crippen LogP) is 2.60. The van der Waals surface area contributed by atoms with Crippen molar-refractivity contribution in [3.05, 3.63) is 41.0 Å². The van der Waals surface area contributed by atoms with Gasteiger partial charge in [0.15, 0.2) is 0 Å². The molecule has 2 rings (SSSR count). The van der Waals surface area contributed by atoms with E-state index in [0.29, 0.717) is 6.61 Å². The van der Waals surface area contributed by atoms with Crippen molar-refractivity contribution >= 4 is 15.9 Å². The third kappa shape index (κ3) is 4.19. The van der Waals surface area contributed by atoms with E-state index in [2.05, 4.69) is 33.3 Å². The van der Waals surface area contributed by atoms with E-state index in [1.54, 1.807) is 19.6 Å². The van der Waals surface area contributed by atoms with Crippen molar-refractivity contribution in [3.63, 3.8) is 0 Å². The molecule has 1 N–H and O–H groups in total. The molecular weight excluding hydrogens is 310 g/mol. The van der Waals surface area contributed by atoms with Crippen LogP contribution in [0.2, 0.25) is 0 Å². The fourth-order valence-electron chi connectivity index (χ4n) is 1.98. The van der Waals surface area contributed by atoms with Gasteiger partial charge in [-0.25, -0.2) is 0 Å². The van der Waals surface area contributed by atoms with Crippen LogP contribution in [0.4, 0.5) is 0 Å². The molecule has 0 aliphatic heterocycles. The first-order valence-electron chi connectivity index (χ1n) is 6.15. The Hall–Kier alpha value is -1.11. The molecule has 0 unspecified atom stereocenters. The molecule has 0 radical (unpaired) electrons. The van der Waals surface area contributed by atoms with Crippen LogP contribution in [0.5, 0.6) is 0 Å². The lowest BCUT2D eigenvalue weighted by molar-refractivity contribution is 0.150. The van der Waals surface area contributed by atoms with Gasteiger partial charge in [0.1, 0.15) is 5.76 Å².